The van der Waals surface area contributed by atoms with E-state index < -0.39 is 5.60 Å². The third kappa shape index (κ3) is 5.46. The molecule has 0 saturated carbocycles. The lowest BCUT2D eigenvalue weighted by atomic mass is 9.78. The van der Waals surface area contributed by atoms with Crippen LogP contribution in [0, 0.1) is 5.92 Å². The Kier molecular flexibility index (Phi) is 6.61. The van der Waals surface area contributed by atoms with Gasteiger partial charge in [0.15, 0.2) is 0 Å². The summed E-state index contributed by atoms with van der Waals surface area (Å²) in [4.78, 5) is 25.9. The number of ether oxygens (including phenoxy) is 1. The minimum Gasteiger partial charge on any atom is -0.479 e. The average molecular weight is 453 g/mol. The molecule has 33 heavy (non-hydrogen) atoms. The molecule has 3 heterocycles. The van der Waals surface area contributed by atoms with Crippen molar-refractivity contribution in [3.63, 3.8) is 0 Å². The van der Waals surface area contributed by atoms with Crippen molar-refractivity contribution >= 4 is 6.09 Å². The van der Waals surface area contributed by atoms with Gasteiger partial charge in [-0.2, -0.15) is 9.97 Å². The monoisotopic (exact) mass is 452 g/mol. The first kappa shape index (κ1) is 23.5. The second-order valence-corrected chi connectivity index (χ2v) is 10.6. The third-order valence-corrected chi connectivity index (χ3v) is 6.69. The molecule has 7 heteroatoms. The maximum Gasteiger partial charge on any atom is 0.410 e. The first-order valence-electron chi connectivity index (χ1n) is 11.9. The number of aromatic hydroxyl groups is 1. The van der Waals surface area contributed by atoms with Crippen LogP contribution in [0.1, 0.15) is 69.5 Å². The number of hydrogen-bond donors (Lipinski definition) is 1. The van der Waals surface area contributed by atoms with Gasteiger partial charge in [-0.3, -0.25) is 4.90 Å². The van der Waals surface area contributed by atoms with Gasteiger partial charge in [0.25, 0.3) is 0 Å². The van der Waals surface area contributed by atoms with E-state index >= 15 is 0 Å². The number of carbonyl (C=O) groups is 1. The number of benzene rings is 1. The Bertz CT molecular complexity index is 989. The lowest BCUT2D eigenvalue weighted by Crippen LogP contribution is -2.49. The Morgan fingerprint density at radius 1 is 1.18 bits per heavy atom. The maximum absolute atomic E-state index is 12.7. The number of carbonyl (C=O) groups excluding carboxylic acids is 1. The van der Waals surface area contributed by atoms with Crippen LogP contribution in [0.25, 0.3) is 0 Å². The molecular weight excluding hydrogens is 416 g/mol. The maximum atomic E-state index is 12.7. The highest BCUT2D eigenvalue weighted by molar-refractivity contribution is 5.68. The summed E-state index contributed by atoms with van der Waals surface area (Å²) in [5.74, 6) is 0.372. The quantitative estimate of drug-likeness (QED) is 0.739. The van der Waals surface area contributed by atoms with E-state index in [9.17, 15) is 9.90 Å². The molecule has 0 bridgehead atoms. The van der Waals surface area contributed by atoms with Crippen LogP contribution >= 0.6 is 0 Å². The summed E-state index contributed by atoms with van der Waals surface area (Å²) < 4.78 is 5.62. The molecule has 1 amide bonds. The number of hydrogen-bond acceptors (Lipinski definition) is 6. The Hall–Kier alpha value is -2.67. The van der Waals surface area contributed by atoms with E-state index in [1.54, 1.807) is 0 Å². The van der Waals surface area contributed by atoms with Crippen molar-refractivity contribution in [1.82, 2.24) is 19.8 Å². The molecule has 1 unspecified atom stereocenters. The summed E-state index contributed by atoms with van der Waals surface area (Å²) >= 11 is 0. The van der Waals surface area contributed by atoms with Crippen LogP contribution in [0.15, 0.2) is 30.3 Å². The van der Waals surface area contributed by atoms with Crippen molar-refractivity contribution in [3.05, 3.63) is 52.8 Å². The number of fused-ring (bicyclic) bond motifs is 1. The van der Waals surface area contributed by atoms with Crippen LogP contribution in [-0.2, 0) is 24.2 Å². The minimum atomic E-state index is -0.514. The van der Waals surface area contributed by atoms with Crippen LogP contribution in [0.3, 0.4) is 0 Å². The molecule has 1 fully saturated rings. The normalized spacial score (nSPS) is 23.8. The van der Waals surface area contributed by atoms with E-state index in [4.69, 9.17) is 4.74 Å². The van der Waals surface area contributed by atoms with Gasteiger partial charge in [0.1, 0.15) is 5.60 Å². The summed E-state index contributed by atoms with van der Waals surface area (Å²) in [7, 11) is 0. The fourth-order valence-electron chi connectivity index (χ4n) is 5.08. The van der Waals surface area contributed by atoms with Gasteiger partial charge in [0, 0.05) is 38.1 Å². The first-order chi connectivity index (χ1) is 15.6. The zero-order chi connectivity index (χ0) is 23.8. The Labute approximate surface area is 196 Å². The van der Waals surface area contributed by atoms with Crippen molar-refractivity contribution in [1.29, 1.82) is 0 Å². The Morgan fingerprint density at radius 3 is 2.61 bits per heavy atom. The second kappa shape index (κ2) is 9.29. The number of nitrogens with zero attached hydrogens (tertiary/aromatic N) is 4. The highest BCUT2D eigenvalue weighted by Gasteiger charge is 2.39. The molecule has 178 valence electrons. The minimum absolute atomic E-state index is 0.0342. The highest BCUT2D eigenvalue weighted by Crippen LogP contribution is 2.39. The summed E-state index contributed by atoms with van der Waals surface area (Å²) in [5, 5.41) is 10.4. The zero-order valence-electron chi connectivity index (χ0n) is 20.4. The lowest BCUT2D eigenvalue weighted by molar-refractivity contribution is 0.00332. The largest absolute Gasteiger partial charge is 0.479 e. The van der Waals surface area contributed by atoms with E-state index in [-0.39, 0.29) is 30.0 Å². The van der Waals surface area contributed by atoms with Gasteiger partial charge in [-0.05, 0) is 57.6 Å². The van der Waals surface area contributed by atoms with Crippen LogP contribution in [0.4, 0.5) is 4.79 Å². The van der Waals surface area contributed by atoms with Crippen LogP contribution in [0.5, 0.6) is 6.01 Å². The number of likely N-dealkylation sites (tertiary alicyclic amines) is 1. The number of aromatic nitrogens is 2. The molecule has 1 N–H and O–H groups in total. The van der Waals surface area contributed by atoms with Crippen molar-refractivity contribution < 1.29 is 14.6 Å². The van der Waals surface area contributed by atoms with Gasteiger partial charge < -0.3 is 14.7 Å². The molecule has 2 aliphatic rings. The van der Waals surface area contributed by atoms with Gasteiger partial charge >= 0.3 is 12.1 Å². The standard InChI is InChI=1S/C26H36N4O3/c1-17-14-30(25(32)33-26(3,4)5)18(2)13-21(17)23-20-11-12-29(15-19-9-7-6-8-10-19)16-22(20)27-24(31)28-23/h6-10,17-18,21H,11-16H2,1-5H3,(H,27,28,31)/t17-,18+,21?/m0/s1. The number of amides is 1. The van der Waals surface area contributed by atoms with Crippen LogP contribution < -0.4 is 0 Å². The number of rotatable bonds is 3. The summed E-state index contributed by atoms with van der Waals surface area (Å²) in [6.07, 6.45) is 1.40. The second-order valence-electron chi connectivity index (χ2n) is 10.6. The molecule has 1 aromatic heterocycles. The van der Waals surface area contributed by atoms with E-state index in [1.807, 2.05) is 31.7 Å². The summed E-state index contributed by atoms with van der Waals surface area (Å²) in [5.41, 5.74) is 3.82. The molecule has 2 aliphatic heterocycles. The predicted molar refractivity (Wildman–Crippen MR) is 127 cm³/mol. The number of piperidine rings is 1. The Balaban J connectivity index is 1.52. The van der Waals surface area contributed by atoms with Crippen molar-refractivity contribution in [3.8, 4) is 6.01 Å². The molecule has 3 atom stereocenters. The lowest BCUT2D eigenvalue weighted by Gasteiger charge is -2.42. The fourth-order valence-corrected chi connectivity index (χ4v) is 5.08. The molecule has 7 nitrogen and oxygen atoms in total. The zero-order valence-corrected chi connectivity index (χ0v) is 20.4. The molecule has 4 rings (SSSR count). The van der Waals surface area contributed by atoms with Crippen molar-refractivity contribution in [2.75, 3.05) is 13.1 Å². The molecule has 2 aromatic rings. The van der Waals surface area contributed by atoms with Gasteiger partial charge in [0.05, 0.1) is 11.4 Å². The first-order valence-corrected chi connectivity index (χ1v) is 11.9. The summed E-state index contributed by atoms with van der Waals surface area (Å²) in [6.45, 7) is 13.0. The van der Waals surface area contributed by atoms with Gasteiger partial charge in [0.2, 0.25) is 0 Å². The van der Waals surface area contributed by atoms with Crippen molar-refractivity contribution in [2.24, 2.45) is 5.92 Å². The molecular formula is C26H36N4O3. The summed E-state index contributed by atoms with van der Waals surface area (Å²) in [6, 6.07) is 10.3. The van der Waals surface area contributed by atoms with Crippen molar-refractivity contribution in [2.45, 2.75) is 78.1 Å². The topological polar surface area (TPSA) is 78.8 Å². The molecule has 0 aliphatic carbocycles. The highest BCUT2D eigenvalue weighted by atomic mass is 16.6. The van der Waals surface area contributed by atoms with E-state index in [0.29, 0.717) is 13.1 Å². The van der Waals surface area contributed by atoms with Gasteiger partial charge in [-0.15, -0.1) is 0 Å². The predicted octanol–water partition coefficient (Wildman–Crippen LogP) is 4.49. The molecule has 0 radical (unpaired) electrons. The third-order valence-electron chi connectivity index (χ3n) is 6.69. The van der Waals surface area contributed by atoms with E-state index in [0.717, 1.165) is 37.3 Å². The van der Waals surface area contributed by atoms with Gasteiger partial charge in [-0.1, -0.05) is 37.3 Å². The molecule has 0 spiro atoms. The van der Waals surface area contributed by atoms with Crippen LogP contribution in [-0.4, -0.2) is 55.7 Å². The molecule has 1 saturated heterocycles. The Morgan fingerprint density at radius 2 is 1.91 bits per heavy atom. The van der Waals surface area contributed by atoms with E-state index in [1.165, 1.54) is 11.1 Å². The smallest absolute Gasteiger partial charge is 0.410 e. The SMILES string of the molecule is C[C@@H]1CC(c2nc(O)nc3c2CCN(Cc2ccccc2)C3)[C@@H](C)CN1C(=O)OC(C)(C)C. The van der Waals surface area contributed by atoms with Crippen LogP contribution in [0.2, 0.25) is 0 Å². The molecule has 1 aromatic carbocycles. The fraction of sp³-hybridized carbons (Fsp3) is 0.577. The van der Waals surface area contributed by atoms with Gasteiger partial charge in [-0.25, -0.2) is 4.79 Å². The van der Waals surface area contributed by atoms with E-state index in [2.05, 4.69) is 53.0 Å². The average Bonchev–Trinajstić information content (AvgIpc) is 2.73.